The summed E-state index contributed by atoms with van der Waals surface area (Å²) in [5.41, 5.74) is 6.59. The van der Waals surface area contributed by atoms with Crippen molar-refractivity contribution in [3.8, 4) is 6.07 Å². The Kier molecular flexibility index (Phi) is 6.65. The SMILES string of the molecule is Cc1nc(SCC(=O)c2ccc(Br)cc2)c(C#N)c2c1[C@@]1(C)CC[C@H]3[C@H](CC=C4C[C@@H](O)CC[C@@]43C)[C@H]1C2. The average Bonchev–Trinajstić information content (AvgIpc) is 3.22. The number of aromatic nitrogens is 1. The molecular weight excluding hydrogens is 556 g/mol. The van der Waals surface area contributed by atoms with Crippen molar-refractivity contribution in [2.24, 2.45) is 23.2 Å². The number of benzene rings is 1. The summed E-state index contributed by atoms with van der Waals surface area (Å²) in [6.45, 7) is 6.98. The Morgan fingerprint density at radius 1 is 1.16 bits per heavy atom. The number of pyridine rings is 1. The van der Waals surface area contributed by atoms with Crippen LogP contribution in [-0.2, 0) is 11.8 Å². The number of hydrogen-bond donors (Lipinski definition) is 1. The molecule has 0 bridgehead atoms. The van der Waals surface area contributed by atoms with E-state index in [-0.39, 0.29) is 28.5 Å². The van der Waals surface area contributed by atoms with Gasteiger partial charge in [-0.15, -0.1) is 0 Å². The molecule has 4 aliphatic rings. The zero-order chi connectivity index (χ0) is 26.8. The number of carbonyl (C=O) groups is 1. The Labute approximate surface area is 238 Å². The lowest BCUT2D eigenvalue weighted by atomic mass is 9.47. The largest absolute Gasteiger partial charge is 0.393 e. The minimum absolute atomic E-state index is 0.0332. The predicted octanol–water partition coefficient (Wildman–Crippen LogP) is 7.34. The Bertz CT molecular complexity index is 1380. The standard InChI is InChI=1S/C32H35BrN2O2S/c1-18-29-24(25(16-34)30(35-18)38-17-28(37)19-4-7-21(33)8-5-19)15-27-23-9-6-20-14-22(36)10-12-31(20,2)26(23)11-13-32(27,29)3/h4-8,22-23,26-27,36H,9-15,17H2,1-3H3/t22-,23-,26-,27+,31-,32-/m0/s1. The van der Waals surface area contributed by atoms with E-state index >= 15 is 0 Å². The lowest BCUT2D eigenvalue weighted by molar-refractivity contribution is -0.0164. The number of nitriles is 1. The number of aryl methyl sites for hydroxylation is 1. The van der Waals surface area contributed by atoms with E-state index in [1.807, 2.05) is 24.3 Å². The first-order chi connectivity index (χ1) is 18.2. The van der Waals surface area contributed by atoms with Crippen LogP contribution in [0.15, 0.2) is 45.4 Å². The number of ketones is 1. The van der Waals surface area contributed by atoms with Gasteiger partial charge in [-0.25, -0.2) is 4.98 Å². The minimum atomic E-state index is -0.186. The van der Waals surface area contributed by atoms with Gasteiger partial charge >= 0.3 is 0 Å². The zero-order valence-corrected chi connectivity index (χ0v) is 24.8. The number of carbonyl (C=O) groups excluding carboxylic acids is 1. The number of allylic oxidation sites excluding steroid dienone is 1. The second-order valence-corrected chi connectivity index (χ2v) is 14.3. The maximum Gasteiger partial charge on any atom is 0.173 e. The fourth-order valence-electron chi connectivity index (χ4n) is 8.64. The van der Waals surface area contributed by atoms with Crippen LogP contribution in [0.2, 0.25) is 0 Å². The van der Waals surface area contributed by atoms with Gasteiger partial charge < -0.3 is 5.11 Å². The number of aliphatic hydroxyl groups excluding tert-OH is 1. The van der Waals surface area contributed by atoms with Gasteiger partial charge in [0.15, 0.2) is 5.78 Å². The van der Waals surface area contributed by atoms with E-state index < -0.39 is 0 Å². The Balaban J connectivity index is 1.31. The van der Waals surface area contributed by atoms with Crippen molar-refractivity contribution < 1.29 is 9.90 Å². The van der Waals surface area contributed by atoms with Gasteiger partial charge in [0.25, 0.3) is 0 Å². The molecule has 0 saturated heterocycles. The molecule has 4 nitrogen and oxygen atoms in total. The van der Waals surface area contributed by atoms with Crippen LogP contribution in [0.25, 0.3) is 0 Å². The lowest BCUT2D eigenvalue weighted by Gasteiger charge is -2.57. The molecule has 2 aromatic rings. The number of thioether (sulfide) groups is 1. The summed E-state index contributed by atoms with van der Waals surface area (Å²) in [4.78, 5) is 17.8. The molecule has 0 aliphatic heterocycles. The Morgan fingerprint density at radius 3 is 2.63 bits per heavy atom. The third-order valence-corrected chi connectivity index (χ3v) is 12.0. The van der Waals surface area contributed by atoms with Crippen LogP contribution in [0.5, 0.6) is 0 Å². The number of nitrogens with zero attached hydrogens (tertiary/aromatic N) is 2. The molecule has 4 aliphatic carbocycles. The van der Waals surface area contributed by atoms with Crippen molar-refractivity contribution in [3.63, 3.8) is 0 Å². The highest BCUT2D eigenvalue weighted by Gasteiger charge is 2.58. The van der Waals surface area contributed by atoms with E-state index in [0.29, 0.717) is 33.9 Å². The normalized spacial score (nSPS) is 33.3. The highest BCUT2D eigenvalue weighted by Crippen LogP contribution is 2.64. The molecule has 2 fully saturated rings. The molecule has 0 spiro atoms. The van der Waals surface area contributed by atoms with Gasteiger partial charge in [-0.05, 0) is 104 Å². The topological polar surface area (TPSA) is 74.0 Å². The smallest absolute Gasteiger partial charge is 0.173 e. The molecule has 198 valence electrons. The second kappa shape index (κ2) is 9.61. The lowest BCUT2D eigenvalue weighted by Crippen LogP contribution is -2.51. The van der Waals surface area contributed by atoms with E-state index in [0.717, 1.165) is 48.7 Å². The number of halogens is 1. The maximum atomic E-state index is 12.9. The van der Waals surface area contributed by atoms with Gasteiger partial charge in [-0.3, -0.25) is 4.79 Å². The van der Waals surface area contributed by atoms with E-state index in [1.165, 1.54) is 34.9 Å². The van der Waals surface area contributed by atoms with E-state index in [9.17, 15) is 15.2 Å². The van der Waals surface area contributed by atoms with Crippen LogP contribution in [0.1, 0.15) is 85.1 Å². The van der Waals surface area contributed by atoms with Crippen LogP contribution in [0, 0.1) is 41.4 Å². The molecule has 1 aromatic carbocycles. The molecule has 1 N–H and O–H groups in total. The third kappa shape index (κ3) is 4.03. The monoisotopic (exact) mass is 590 g/mol. The van der Waals surface area contributed by atoms with Crippen LogP contribution < -0.4 is 0 Å². The van der Waals surface area contributed by atoms with Crippen molar-refractivity contribution in [2.75, 3.05) is 5.75 Å². The Morgan fingerprint density at radius 2 is 1.89 bits per heavy atom. The first-order valence-electron chi connectivity index (χ1n) is 13.9. The van der Waals surface area contributed by atoms with Gasteiger partial charge in [0.2, 0.25) is 0 Å². The fraction of sp³-hybridized carbons (Fsp3) is 0.531. The molecule has 38 heavy (non-hydrogen) atoms. The van der Waals surface area contributed by atoms with Gasteiger partial charge in [-0.1, -0.05) is 65.3 Å². The van der Waals surface area contributed by atoms with Crippen molar-refractivity contribution in [2.45, 2.75) is 82.3 Å². The molecule has 6 rings (SSSR count). The Hall–Kier alpha value is -1.94. The zero-order valence-electron chi connectivity index (χ0n) is 22.4. The third-order valence-electron chi connectivity index (χ3n) is 10.5. The molecule has 0 radical (unpaired) electrons. The summed E-state index contributed by atoms with van der Waals surface area (Å²) in [6.07, 6.45) is 9.42. The molecule has 6 heteroatoms. The molecule has 0 amide bonds. The summed E-state index contributed by atoms with van der Waals surface area (Å²) < 4.78 is 0.946. The summed E-state index contributed by atoms with van der Waals surface area (Å²) >= 11 is 4.82. The second-order valence-electron chi connectivity index (χ2n) is 12.4. The fourth-order valence-corrected chi connectivity index (χ4v) is 9.85. The summed E-state index contributed by atoms with van der Waals surface area (Å²) in [6, 6.07) is 9.94. The number of hydrogen-bond acceptors (Lipinski definition) is 5. The maximum absolute atomic E-state index is 12.9. The van der Waals surface area contributed by atoms with Crippen LogP contribution in [0.3, 0.4) is 0 Å². The van der Waals surface area contributed by atoms with Crippen molar-refractivity contribution in [1.29, 1.82) is 5.26 Å². The van der Waals surface area contributed by atoms with Gasteiger partial charge in [-0.2, -0.15) is 5.26 Å². The molecule has 6 atom stereocenters. The van der Waals surface area contributed by atoms with Crippen molar-refractivity contribution >= 4 is 33.5 Å². The van der Waals surface area contributed by atoms with Crippen molar-refractivity contribution in [3.05, 3.63) is 68.3 Å². The number of fused-ring (bicyclic) bond motifs is 7. The van der Waals surface area contributed by atoms with Gasteiger partial charge in [0.1, 0.15) is 11.1 Å². The summed E-state index contributed by atoms with van der Waals surface area (Å²) in [5.74, 6) is 2.04. The average molecular weight is 592 g/mol. The molecule has 2 saturated carbocycles. The number of aliphatic hydroxyl groups is 1. The van der Waals surface area contributed by atoms with E-state index in [4.69, 9.17) is 4.98 Å². The van der Waals surface area contributed by atoms with Crippen LogP contribution in [-0.4, -0.2) is 27.7 Å². The first kappa shape index (κ1) is 26.3. The first-order valence-corrected chi connectivity index (χ1v) is 15.7. The quantitative estimate of drug-likeness (QED) is 0.229. The number of rotatable bonds is 4. The summed E-state index contributed by atoms with van der Waals surface area (Å²) in [5, 5.41) is 21.4. The molecule has 1 heterocycles. The van der Waals surface area contributed by atoms with E-state index in [2.05, 4.69) is 48.8 Å². The van der Waals surface area contributed by atoms with E-state index in [1.54, 1.807) is 0 Å². The minimum Gasteiger partial charge on any atom is -0.393 e. The number of Topliss-reactive ketones (excluding diaryl/α,β-unsaturated/α-hetero) is 1. The molecule has 0 unspecified atom stereocenters. The van der Waals surface area contributed by atoms with Crippen molar-refractivity contribution in [1.82, 2.24) is 4.98 Å². The molecular formula is C32H35BrN2O2S. The van der Waals surface area contributed by atoms with Crippen LogP contribution >= 0.6 is 27.7 Å². The highest BCUT2D eigenvalue weighted by molar-refractivity contribution is 9.10. The highest BCUT2D eigenvalue weighted by atomic mass is 79.9. The van der Waals surface area contributed by atoms with Gasteiger partial charge in [0, 0.05) is 15.7 Å². The molecule has 1 aromatic heterocycles. The summed E-state index contributed by atoms with van der Waals surface area (Å²) in [7, 11) is 0. The van der Waals surface area contributed by atoms with Crippen LogP contribution in [0.4, 0.5) is 0 Å². The van der Waals surface area contributed by atoms with Gasteiger partial charge in [0.05, 0.1) is 17.4 Å². The predicted molar refractivity (Wildman–Crippen MR) is 154 cm³/mol.